The maximum Gasteiger partial charge on any atom is 0.0695 e. The van der Waals surface area contributed by atoms with Gasteiger partial charge < -0.3 is 10.0 Å². The highest BCUT2D eigenvalue weighted by Crippen LogP contribution is 2.38. The van der Waals surface area contributed by atoms with Crippen molar-refractivity contribution in [2.24, 2.45) is 17.8 Å². The Morgan fingerprint density at radius 3 is 2.54 bits per heavy atom. The van der Waals surface area contributed by atoms with Crippen LogP contribution >= 0.6 is 0 Å². The summed E-state index contributed by atoms with van der Waals surface area (Å²) in [4.78, 5) is 2.30. The summed E-state index contributed by atoms with van der Waals surface area (Å²) in [5, 5.41) is 9.72. The van der Waals surface area contributed by atoms with Crippen molar-refractivity contribution in [1.29, 1.82) is 0 Å². The molecule has 1 N–H and O–H groups in total. The molecule has 0 aliphatic heterocycles. The fourth-order valence-electron chi connectivity index (χ4n) is 2.08. The van der Waals surface area contributed by atoms with Crippen LogP contribution in [0.1, 0.15) is 26.2 Å². The van der Waals surface area contributed by atoms with E-state index >= 15 is 0 Å². The third kappa shape index (κ3) is 2.68. The predicted molar refractivity (Wildman–Crippen MR) is 53.5 cm³/mol. The Bertz CT molecular complexity index is 179. The zero-order valence-corrected chi connectivity index (χ0v) is 8.74. The highest BCUT2D eigenvalue weighted by Gasteiger charge is 2.35. The lowest BCUT2D eigenvalue weighted by atomic mass is 10.2. The largest absolute Gasteiger partial charge is 0.392 e. The molecule has 0 aromatic heterocycles. The molecule has 2 aliphatic rings. The highest BCUT2D eigenvalue weighted by atomic mass is 16.3. The first kappa shape index (κ1) is 9.47. The fourth-order valence-corrected chi connectivity index (χ4v) is 2.08. The van der Waals surface area contributed by atoms with Crippen molar-refractivity contribution in [3.8, 4) is 0 Å². The molecule has 0 spiro atoms. The Morgan fingerprint density at radius 1 is 1.46 bits per heavy atom. The van der Waals surface area contributed by atoms with E-state index in [1.54, 1.807) is 0 Å². The van der Waals surface area contributed by atoms with Crippen molar-refractivity contribution < 1.29 is 5.11 Å². The summed E-state index contributed by atoms with van der Waals surface area (Å²) in [6.07, 6.45) is 3.83. The summed E-state index contributed by atoms with van der Waals surface area (Å²) >= 11 is 0. The first-order valence-electron chi connectivity index (χ1n) is 5.53. The van der Waals surface area contributed by atoms with Gasteiger partial charge in [0.15, 0.2) is 0 Å². The molecule has 76 valence electrons. The third-order valence-electron chi connectivity index (χ3n) is 3.49. The van der Waals surface area contributed by atoms with Gasteiger partial charge in [-0.2, -0.15) is 0 Å². The van der Waals surface area contributed by atoms with Crippen LogP contribution in [0.25, 0.3) is 0 Å². The Balaban J connectivity index is 1.62. The molecule has 0 bridgehead atoms. The molecule has 2 fully saturated rings. The molecule has 2 aliphatic carbocycles. The van der Waals surface area contributed by atoms with Crippen LogP contribution in [-0.4, -0.2) is 36.2 Å². The minimum atomic E-state index is -0.0564. The quantitative estimate of drug-likeness (QED) is 0.695. The second-order valence-corrected chi connectivity index (χ2v) is 5.10. The van der Waals surface area contributed by atoms with Crippen LogP contribution in [0.15, 0.2) is 0 Å². The predicted octanol–water partition coefficient (Wildman–Crippen LogP) is 1.35. The van der Waals surface area contributed by atoms with E-state index in [1.165, 1.54) is 25.8 Å². The summed E-state index contributed by atoms with van der Waals surface area (Å²) in [5.41, 5.74) is 0. The number of hydrogen-bond acceptors (Lipinski definition) is 2. The normalized spacial score (nSPS) is 35.1. The van der Waals surface area contributed by atoms with Gasteiger partial charge in [-0.3, -0.25) is 0 Å². The van der Waals surface area contributed by atoms with E-state index < -0.39 is 0 Å². The Kier molecular flexibility index (Phi) is 2.61. The molecule has 2 saturated carbocycles. The van der Waals surface area contributed by atoms with E-state index in [4.69, 9.17) is 0 Å². The van der Waals surface area contributed by atoms with Crippen LogP contribution < -0.4 is 0 Å². The van der Waals surface area contributed by atoms with E-state index in [1.807, 2.05) is 0 Å². The maximum atomic E-state index is 9.72. The molecule has 0 heterocycles. The van der Waals surface area contributed by atoms with Crippen molar-refractivity contribution in [3.63, 3.8) is 0 Å². The Hall–Kier alpha value is -0.0800. The summed E-state index contributed by atoms with van der Waals surface area (Å²) in [5.74, 6) is 2.47. The molecule has 0 aromatic carbocycles. The van der Waals surface area contributed by atoms with Gasteiger partial charge in [0.05, 0.1) is 6.10 Å². The van der Waals surface area contributed by atoms with E-state index in [0.717, 1.165) is 18.4 Å². The Morgan fingerprint density at radius 2 is 2.08 bits per heavy atom. The maximum absolute atomic E-state index is 9.72. The summed E-state index contributed by atoms with van der Waals surface area (Å²) < 4.78 is 0. The molecule has 2 nitrogen and oxygen atoms in total. The van der Waals surface area contributed by atoms with Crippen LogP contribution in [0.3, 0.4) is 0 Å². The van der Waals surface area contributed by atoms with E-state index in [9.17, 15) is 5.11 Å². The molecule has 0 aromatic rings. The molecule has 13 heavy (non-hydrogen) atoms. The van der Waals surface area contributed by atoms with Crippen molar-refractivity contribution in [2.75, 3.05) is 20.1 Å². The zero-order valence-electron chi connectivity index (χ0n) is 8.74. The van der Waals surface area contributed by atoms with Gasteiger partial charge >= 0.3 is 0 Å². The van der Waals surface area contributed by atoms with Gasteiger partial charge in [0, 0.05) is 13.1 Å². The van der Waals surface area contributed by atoms with E-state index in [2.05, 4.69) is 18.9 Å². The van der Waals surface area contributed by atoms with Crippen molar-refractivity contribution in [1.82, 2.24) is 4.90 Å². The van der Waals surface area contributed by atoms with Gasteiger partial charge in [0.1, 0.15) is 0 Å². The lowest BCUT2D eigenvalue weighted by Crippen LogP contribution is -2.32. The minimum Gasteiger partial charge on any atom is -0.392 e. The van der Waals surface area contributed by atoms with Crippen LogP contribution in [-0.2, 0) is 0 Å². The molecule has 0 saturated heterocycles. The number of nitrogens with zero attached hydrogens (tertiary/aromatic N) is 1. The van der Waals surface area contributed by atoms with Gasteiger partial charge in [-0.25, -0.2) is 0 Å². The second kappa shape index (κ2) is 3.58. The molecule has 0 amide bonds. The minimum absolute atomic E-state index is 0.0564. The number of likely N-dealkylation sites (N-methyl/N-ethyl adjacent to an activating group) is 1. The lowest BCUT2D eigenvalue weighted by molar-refractivity contribution is 0.104. The number of rotatable bonds is 5. The standard InChI is InChI=1S/C11H21NO/c1-8-5-10(8)6-12(2)7-11(13)9-3-4-9/h8-11,13H,3-7H2,1-2H3. The van der Waals surface area contributed by atoms with Crippen LogP contribution in [0.5, 0.6) is 0 Å². The van der Waals surface area contributed by atoms with Gasteiger partial charge in [0.25, 0.3) is 0 Å². The van der Waals surface area contributed by atoms with Crippen molar-refractivity contribution in [2.45, 2.75) is 32.3 Å². The first-order chi connectivity index (χ1) is 6.16. The highest BCUT2D eigenvalue weighted by molar-refractivity contribution is 4.87. The SMILES string of the molecule is CC1CC1CN(C)CC(O)C1CC1. The average Bonchev–Trinajstić information content (AvgIpc) is 2.87. The number of hydrogen-bond donors (Lipinski definition) is 1. The fraction of sp³-hybridized carbons (Fsp3) is 1.00. The first-order valence-corrected chi connectivity index (χ1v) is 5.53. The van der Waals surface area contributed by atoms with E-state index in [-0.39, 0.29) is 6.10 Å². The Labute approximate surface area is 80.9 Å². The monoisotopic (exact) mass is 183 g/mol. The van der Waals surface area contributed by atoms with Crippen LogP contribution in [0.2, 0.25) is 0 Å². The molecule has 0 radical (unpaired) electrons. The number of aliphatic hydroxyl groups is 1. The number of aliphatic hydroxyl groups excluding tert-OH is 1. The molecule has 3 unspecified atom stereocenters. The lowest BCUT2D eigenvalue weighted by Gasteiger charge is -2.20. The molecule has 3 atom stereocenters. The van der Waals surface area contributed by atoms with Gasteiger partial charge in [-0.15, -0.1) is 0 Å². The zero-order chi connectivity index (χ0) is 9.42. The van der Waals surface area contributed by atoms with Crippen LogP contribution in [0.4, 0.5) is 0 Å². The van der Waals surface area contributed by atoms with Crippen molar-refractivity contribution in [3.05, 3.63) is 0 Å². The topological polar surface area (TPSA) is 23.5 Å². The van der Waals surface area contributed by atoms with Crippen molar-refractivity contribution >= 4 is 0 Å². The second-order valence-electron chi connectivity index (χ2n) is 5.10. The molecular weight excluding hydrogens is 162 g/mol. The summed E-state index contributed by atoms with van der Waals surface area (Å²) in [6.45, 7) is 4.38. The van der Waals surface area contributed by atoms with Gasteiger partial charge in [0.2, 0.25) is 0 Å². The van der Waals surface area contributed by atoms with E-state index in [0.29, 0.717) is 5.92 Å². The molecule has 2 rings (SSSR count). The molecule has 2 heteroatoms. The van der Waals surface area contributed by atoms with Crippen LogP contribution in [0, 0.1) is 17.8 Å². The van der Waals surface area contributed by atoms with Gasteiger partial charge in [-0.1, -0.05) is 6.92 Å². The molecular formula is C11H21NO. The third-order valence-corrected chi connectivity index (χ3v) is 3.49. The van der Waals surface area contributed by atoms with Gasteiger partial charge in [-0.05, 0) is 44.1 Å². The smallest absolute Gasteiger partial charge is 0.0695 e. The summed E-state index contributed by atoms with van der Waals surface area (Å²) in [7, 11) is 2.14. The average molecular weight is 183 g/mol. The summed E-state index contributed by atoms with van der Waals surface area (Å²) in [6, 6.07) is 0.